The summed E-state index contributed by atoms with van der Waals surface area (Å²) in [5, 5.41) is 1.99. The summed E-state index contributed by atoms with van der Waals surface area (Å²) in [4.78, 5) is 18.0. The number of Topliss-reactive ketones (excluding diaryl/α,β-unsaturated/α-hetero) is 1. The highest BCUT2D eigenvalue weighted by Crippen LogP contribution is 2.32. The van der Waals surface area contributed by atoms with Crippen LogP contribution in [-0.2, 0) is 16.0 Å². The molecule has 1 aliphatic rings. The highest BCUT2D eigenvalue weighted by molar-refractivity contribution is 7.15. The molecule has 2 aromatic rings. The van der Waals surface area contributed by atoms with Gasteiger partial charge in [0.1, 0.15) is 5.60 Å². The third-order valence-electron chi connectivity index (χ3n) is 4.04. The second-order valence-corrected chi connectivity index (χ2v) is 6.06. The summed E-state index contributed by atoms with van der Waals surface area (Å²) in [5.74, 6) is 0.181. The predicted molar refractivity (Wildman–Crippen MR) is 74.6 cm³/mol. The van der Waals surface area contributed by atoms with Gasteiger partial charge in [0.25, 0.3) is 0 Å². The van der Waals surface area contributed by atoms with Gasteiger partial charge in [0.15, 0.2) is 10.7 Å². The number of ketones is 1. The molecular formula is C14H18N2O2S. The van der Waals surface area contributed by atoms with E-state index in [1.807, 2.05) is 22.2 Å². The van der Waals surface area contributed by atoms with Gasteiger partial charge in [-0.05, 0) is 12.8 Å². The number of imidazole rings is 1. The molecule has 3 rings (SSSR count). The van der Waals surface area contributed by atoms with Gasteiger partial charge in [0.05, 0.1) is 12.1 Å². The van der Waals surface area contributed by atoms with Crippen molar-refractivity contribution in [2.45, 2.75) is 44.1 Å². The van der Waals surface area contributed by atoms with Crippen LogP contribution >= 0.6 is 11.3 Å². The fourth-order valence-electron chi connectivity index (χ4n) is 2.91. The van der Waals surface area contributed by atoms with E-state index in [4.69, 9.17) is 4.74 Å². The second-order valence-electron chi connectivity index (χ2n) is 5.18. The van der Waals surface area contributed by atoms with Crippen molar-refractivity contribution >= 4 is 22.1 Å². The Morgan fingerprint density at radius 3 is 2.95 bits per heavy atom. The predicted octanol–water partition coefficient (Wildman–Crippen LogP) is 2.86. The van der Waals surface area contributed by atoms with Gasteiger partial charge in [-0.15, -0.1) is 11.3 Å². The molecule has 0 atom stereocenters. The van der Waals surface area contributed by atoms with E-state index in [1.54, 1.807) is 18.4 Å². The lowest BCUT2D eigenvalue weighted by molar-refractivity contribution is -0.144. The zero-order chi connectivity index (χ0) is 13.3. The van der Waals surface area contributed by atoms with E-state index >= 15 is 0 Å². The summed E-state index contributed by atoms with van der Waals surface area (Å²) in [6.45, 7) is 0. The molecule has 0 unspecified atom stereocenters. The van der Waals surface area contributed by atoms with Crippen LogP contribution in [0.1, 0.15) is 37.8 Å². The van der Waals surface area contributed by atoms with Gasteiger partial charge in [-0.25, -0.2) is 4.98 Å². The maximum Gasteiger partial charge on any atom is 0.193 e. The minimum atomic E-state index is -0.560. The van der Waals surface area contributed by atoms with Gasteiger partial charge < -0.3 is 4.74 Å². The Hall–Kier alpha value is -1.20. The van der Waals surface area contributed by atoms with Gasteiger partial charge >= 0.3 is 0 Å². The third-order valence-corrected chi connectivity index (χ3v) is 4.82. The highest BCUT2D eigenvalue weighted by atomic mass is 32.1. The first-order valence-electron chi connectivity index (χ1n) is 6.73. The summed E-state index contributed by atoms with van der Waals surface area (Å²) in [7, 11) is 1.66. The van der Waals surface area contributed by atoms with E-state index in [0.717, 1.165) is 36.3 Å². The molecule has 2 heterocycles. The molecule has 0 aliphatic heterocycles. The summed E-state index contributed by atoms with van der Waals surface area (Å²) >= 11 is 1.58. The van der Waals surface area contributed by atoms with Crippen molar-refractivity contribution in [1.29, 1.82) is 0 Å². The molecule has 0 amide bonds. The lowest BCUT2D eigenvalue weighted by atomic mass is 9.80. The fraction of sp³-hybridized carbons (Fsp3) is 0.571. The molecule has 0 saturated heterocycles. The fourth-order valence-corrected chi connectivity index (χ4v) is 3.63. The number of carbonyl (C=O) groups is 1. The smallest absolute Gasteiger partial charge is 0.193 e. The number of rotatable bonds is 4. The first-order valence-corrected chi connectivity index (χ1v) is 7.61. The van der Waals surface area contributed by atoms with E-state index in [0.29, 0.717) is 6.42 Å². The summed E-state index contributed by atoms with van der Waals surface area (Å²) in [6, 6.07) is 0. The van der Waals surface area contributed by atoms with Crippen molar-refractivity contribution in [3.8, 4) is 0 Å². The molecule has 102 valence electrons. The van der Waals surface area contributed by atoms with Crippen LogP contribution in [0.3, 0.4) is 0 Å². The zero-order valence-electron chi connectivity index (χ0n) is 11.1. The largest absolute Gasteiger partial charge is 0.370 e. The van der Waals surface area contributed by atoms with Crippen molar-refractivity contribution in [3.05, 3.63) is 23.5 Å². The van der Waals surface area contributed by atoms with Gasteiger partial charge in [-0.1, -0.05) is 19.3 Å². The van der Waals surface area contributed by atoms with Crippen LogP contribution in [0.5, 0.6) is 0 Å². The van der Waals surface area contributed by atoms with Crippen LogP contribution in [0.15, 0.2) is 17.8 Å². The SMILES string of the molecule is COC1(C(=O)Cc2cn3ccsc3n2)CCCCC1. The van der Waals surface area contributed by atoms with Gasteiger partial charge in [-0.2, -0.15) is 0 Å². The van der Waals surface area contributed by atoms with Gasteiger partial charge in [0, 0.05) is 24.9 Å². The van der Waals surface area contributed by atoms with Crippen molar-refractivity contribution < 1.29 is 9.53 Å². The van der Waals surface area contributed by atoms with Crippen molar-refractivity contribution in [3.63, 3.8) is 0 Å². The minimum absolute atomic E-state index is 0.181. The minimum Gasteiger partial charge on any atom is -0.370 e. The molecule has 0 radical (unpaired) electrons. The van der Waals surface area contributed by atoms with Crippen LogP contribution in [0.25, 0.3) is 4.96 Å². The number of nitrogens with zero attached hydrogens (tertiary/aromatic N) is 2. The number of carbonyl (C=O) groups excluding carboxylic acids is 1. The topological polar surface area (TPSA) is 43.6 Å². The zero-order valence-corrected chi connectivity index (χ0v) is 11.9. The number of methoxy groups -OCH3 is 1. The van der Waals surface area contributed by atoms with E-state index in [2.05, 4.69) is 4.98 Å². The van der Waals surface area contributed by atoms with E-state index in [1.165, 1.54) is 6.42 Å². The molecule has 0 N–H and O–H groups in total. The average Bonchev–Trinajstić information content (AvgIpc) is 3.00. The molecule has 2 aromatic heterocycles. The van der Waals surface area contributed by atoms with E-state index in [9.17, 15) is 4.79 Å². The Labute approximate surface area is 116 Å². The lowest BCUT2D eigenvalue weighted by Gasteiger charge is -2.34. The van der Waals surface area contributed by atoms with E-state index in [-0.39, 0.29) is 5.78 Å². The lowest BCUT2D eigenvalue weighted by Crippen LogP contribution is -2.43. The van der Waals surface area contributed by atoms with E-state index < -0.39 is 5.60 Å². The molecule has 0 aromatic carbocycles. The Morgan fingerprint density at radius 1 is 1.47 bits per heavy atom. The molecule has 0 spiro atoms. The average molecular weight is 278 g/mol. The first-order chi connectivity index (χ1) is 9.23. The maximum atomic E-state index is 12.5. The Balaban J connectivity index is 1.77. The van der Waals surface area contributed by atoms with Crippen molar-refractivity contribution in [1.82, 2.24) is 9.38 Å². The first kappa shape index (κ1) is 12.8. The maximum absolute atomic E-state index is 12.5. The third kappa shape index (κ3) is 2.32. The number of fused-ring (bicyclic) bond motifs is 1. The Kier molecular flexibility index (Phi) is 3.41. The van der Waals surface area contributed by atoms with Gasteiger partial charge in [0.2, 0.25) is 0 Å². The molecule has 19 heavy (non-hydrogen) atoms. The van der Waals surface area contributed by atoms with Crippen LogP contribution < -0.4 is 0 Å². The number of aromatic nitrogens is 2. The molecule has 5 heteroatoms. The second kappa shape index (κ2) is 5.06. The highest BCUT2D eigenvalue weighted by Gasteiger charge is 2.39. The summed E-state index contributed by atoms with van der Waals surface area (Å²) < 4.78 is 7.55. The van der Waals surface area contributed by atoms with Crippen LogP contribution in [0.4, 0.5) is 0 Å². The van der Waals surface area contributed by atoms with Crippen molar-refractivity contribution in [2.24, 2.45) is 0 Å². The van der Waals surface area contributed by atoms with Crippen molar-refractivity contribution in [2.75, 3.05) is 7.11 Å². The number of hydrogen-bond donors (Lipinski definition) is 0. The van der Waals surface area contributed by atoms with Crippen LogP contribution in [0.2, 0.25) is 0 Å². The molecular weight excluding hydrogens is 260 g/mol. The summed E-state index contributed by atoms with van der Waals surface area (Å²) in [5.41, 5.74) is 0.286. The molecule has 1 aliphatic carbocycles. The number of ether oxygens (including phenoxy) is 1. The Morgan fingerprint density at radius 2 is 2.26 bits per heavy atom. The Bertz CT molecular complexity index is 553. The molecule has 1 fully saturated rings. The molecule has 1 saturated carbocycles. The molecule has 4 nitrogen and oxygen atoms in total. The number of thiazole rings is 1. The summed E-state index contributed by atoms with van der Waals surface area (Å²) in [6.07, 6.45) is 9.36. The van der Waals surface area contributed by atoms with Gasteiger partial charge in [-0.3, -0.25) is 9.20 Å². The van der Waals surface area contributed by atoms with Crippen LogP contribution in [0, 0.1) is 0 Å². The quantitative estimate of drug-likeness (QED) is 0.863. The standard InChI is InChI=1S/C14H18N2O2S/c1-18-14(5-3-2-4-6-14)12(17)9-11-10-16-7-8-19-13(16)15-11/h7-8,10H,2-6,9H2,1H3. The normalized spacial score (nSPS) is 18.8. The van der Waals surface area contributed by atoms with Crippen LogP contribution in [-0.4, -0.2) is 27.9 Å². The number of hydrogen-bond acceptors (Lipinski definition) is 4. The monoisotopic (exact) mass is 278 g/mol. The molecule has 0 bridgehead atoms.